The standard InChI is InChI=1S/C39H44N4O4/c1-25(38(3,4)5)19-21-39(6)42-35(31-12-7-11-30(24-31)32-14-8-10-28-13-9-22-40-34(28)32)37(47)43(39)26(2)27-15-17-29(18-16-27)36(46)41-23-20-33(44)45/h7-18,22,24-26H,19-21,23H2,1-6H3,(H,41,46)(H,44,45)/t25?,26-,39?/m1/s1. The maximum atomic E-state index is 14.5. The average Bonchev–Trinajstić information content (AvgIpc) is 3.32. The van der Waals surface area contributed by atoms with Crippen LogP contribution in [0.2, 0.25) is 0 Å². The van der Waals surface area contributed by atoms with Gasteiger partial charge in [0, 0.05) is 34.8 Å². The summed E-state index contributed by atoms with van der Waals surface area (Å²) in [5.74, 6) is -1.03. The smallest absolute Gasteiger partial charge is 0.305 e. The van der Waals surface area contributed by atoms with Gasteiger partial charge in [0.05, 0.1) is 18.0 Å². The van der Waals surface area contributed by atoms with Gasteiger partial charge in [-0.05, 0) is 73.4 Å². The van der Waals surface area contributed by atoms with Crippen molar-refractivity contribution in [2.24, 2.45) is 16.3 Å². The number of carboxylic acids is 1. The molecule has 3 atom stereocenters. The summed E-state index contributed by atoms with van der Waals surface area (Å²) in [5, 5.41) is 12.6. The molecule has 0 saturated heterocycles. The summed E-state index contributed by atoms with van der Waals surface area (Å²) in [7, 11) is 0. The van der Waals surface area contributed by atoms with Crippen molar-refractivity contribution < 1.29 is 19.5 Å². The highest BCUT2D eigenvalue weighted by Gasteiger charge is 2.46. The van der Waals surface area contributed by atoms with E-state index in [1.54, 1.807) is 18.3 Å². The molecular formula is C39H44N4O4. The lowest BCUT2D eigenvalue weighted by Gasteiger charge is -2.39. The Morgan fingerprint density at radius 2 is 1.64 bits per heavy atom. The zero-order valence-corrected chi connectivity index (χ0v) is 28.1. The van der Waals surface area contributed by atoms with Crippen LogP contribution >= 0.6 is 0 Å². The van der Waals surface area contributed by atoms with Gasteiger partial charge in [0.2, 0.25) is 0 Å². The molecule has 3 aromatic carbocycles. The molecule has 5 rings (SSSR count). The van der Waals surface area contributed by atoms with E-state index >= 15 is 0 Å². The number of hydrogen-bond donors (Lipinski definition) is 2. The first-order valence-corrected chi connectivity index (χ1v) is 16.3. The van der Waals surface area contributed by atoms with E-state index in [0.717, 1.165) is 39.6 Å². The number of fused-ring (bicyclic) bond motifs is 1. The van der Waals surface area contributed by atoms with Crippen molar-refractivity contribution in [1.82, 2.24) is 15.2 Å². The average molecular weight is 633 g/mol. The van der Waals surface area contributed by atoms with Crippen molar-refractivity contribution in [2.45, 2.75) is 72.5 Å². The molecule has 0 bridgehead atoms. The number of benzene rings is 3. The number of amides is 2. The SMILES string of the molecule is CC(CCC1(C)N=C(c2cccc(-c3cccc4cccnc34)c2)C(=O)N1[C@H](C)c1ccc(C(=O)NCCC(=O)O)cc1)C(C)(C)C. The number of hydrogen-bond acceptors (Lipinski definition) is 5. The van der Waals surface area contributed by atoms with Crippen LogP contribution in [-0.4, -0.2) is 50.7 Å². The third-order valence-electron chi connectivity index (χ3n) is 9.57. The number of aliphatic carboxylic acids is 1. The Hall–Kier alpha value is -4.85. The summed E-state index contributed by atoms with van der Waals surface area (Å²) >= 11 is 0. The largest absolute Gasteiger partial charge is 0.481 e. The monoisotopic (exact) mass is 632 g/mol. The molecule has 1 aliphatic rings. The van der Waals surface area contributed by atoms with Crippen molar-refractivity contribution in [3.63, 3.8) is 0 Å². The molecule has 0 radical (unpaired) electrons. The van der Waals surface area contributed by atoms with Gasteiger partial charge in [-0.3, -0.25) is 24.4 Å². The van der Waals surface area contributed by atoms with Crippen LogP contribution < -0.4 is 5.32 Å². The third kappa shape index (κ3) is 7.27. The van der Waals surface area contributed by atoms with Crippen LogP contribution in [0, 0.1) is 11.3 Å². The first-order chi connectivity index (χ1) is 22.3. The van der Waals surface area contributed by atoms with E-state index in [1.165, 1.54) is 0 Å². The van der Waals surface area contributed by atoms with Gasteiger partial charge in [0.25, 0.3) is 11.8 Å². The fraction of sp³-hybridized carbons (Fsp3) is 0.359. The van der Waals surface area contributed by atoms with Crippen molar-refractivity contribution in [1.29, 1.82) is 0 Å². The van der Waals surface area contributed by atoms with Gasteiger partial charge < -0.3 is 15.3 Å². The minimum atomic E-state index is -0.969. The minimum absolute atomic E-state index is 0.0538. The highest BCUT2D eigenvalue weighted by atomic mass is 16.4. The normalized spacial score (nSPS) is 17.8. The number of carboxylic acid groups (broad SMARTS) is 1. The highest BCUT2D eigenvalue weighted by molar-refractivity contribution is 6.47. The summed E-state index contributed by atoms with van der Waals surface area (Å²) in [4.78, 5) is 49.6. The molecule has 2 N–H and O–H groups in total. The molecule has 0 fully saturated rings. The highest BCUT2D eigenvalue weighted by Crippen LogP contribution is 2.41. The van der Waals surface area contributed by atoms with Crippen LogP contribution in [0.25, 0.3) is 22.0 Å². The Labute approximate surface area is 276 Å². The fourth-order valence-electron chi connectivity index (χ4n) is 6.17. The maximum absolute atomic E-state index is 14.5. The molecule has 2 heterocycles. The Bertz CT molecular complexity index is 1820. The lowest BCUT2D eigenvalue weighted by molar-refractivity contribution is -0.136. The van der Waals surface area contributed by atoms with Gasteiger partial charge >= 0.3 is 5.97 Å². The van der Waals surface area contributed by atoms with Crippen LogP contribution in [0.15, 0.2) is 90.1 Å². The van der Waals surface area contributed by atoms with Gasteiger partial charge in [-0.2, -0.15) is 0 Å². The van der Waals surface area contributed by atoms with E-state index in [4.69, 9.17) is 10.1 Å². The quantitative estimate of drug-likeness (QED) is 0.176. The Balaban J connectivity index is 1.47. The summed E-state index contributed by atoms with van der Waals surface area (Å²) in [5.41, 5.74) is 4.70. The first-order valence-electron chi connectivity index (χ1n) is 16.3. The van der Waals surface area contributed by atoms with Crippen LogP contribution in [0.5, 0.6) is 0 Å². The summed E-state index contributed by atoms with van der Waals surface area (Å²) < 4.78 is 0. The van der Waals surface area contributed by atoms with Gasteiger partial charge in [0.1, 0.15) is 11.4 Å². The number of nitrogens with zero attached hydrogens (tertiary/aromatic N) is 3. The molecule has 2 unspecified atom stereocenters. The molecule has 244 valence electrons. The van der Waals surface area contributed by atoms with E-state index in [1.807, 2.05) is 79.4 Å². The van der Waals surface area contributed by atoms with E-state index in [2.05, 4.69) is 44.1 Å². The molecule has 0 saturated carbocycles. The third-order valence-corrected chi connectivity index (χ3v) is 9.57. The number of nitrogens with one attached hydrogen (secondary N) is 1. The molecule has 0 aliphatic carbocycles. The van der Waals surface area contributed by atoms with Gasteiger partial charge in [-0.1, -0.05) is 82.3 Å². The van der Waals surface area contributed by atoms with E-state index in [9.17, 15) is 14.4 Å². The number of rotatable bonds is 11. The second-order valence-corrected chi connectivity index (χ2v) is 13.8. The van der Waals surface area contributed by atoms with E-state index in [-0.39, 0.29) is 36.2 Å². The van der Waals surface area contributed by atoms with Crippen molar-refractivity contribution in [2.75, 3.05) is 6.54 Å². The number of pyridine rings is 1. The number of aliphatic imine (C=N–C) groups is 1. The molecule has 0 spiro atoms. The van der Waals surface area contributed by atoms with Gasteiger partial charge in [-0.15, -0.1) is 0 Å². The predicted molar refractivity (Wildman–Crippen MR) is 186 cm³/mol. The molecule has 8 heteroatoms. The molecular weight excluding hydrogens is 588 g/mol. The summed E-state index contributed by atoms with van der Waals surface area (Å²) in [6, 6.07) is 24.9. The Kier molecular flexibility index (Phi) is 9.61. The Morgan fingerprint density at radius 3 is 2.34 bits per heavy atom. The molecule has 4 aromatic rings. The summed E-state index contributed by atoms with van der Waals surface area (Å²) in [6.07, 6.45) is 3.24. The molecule has 47 heavy (non-hydrogen) atoms. The van der Waals surface area contributed by atoms with Crippen LogP contribution in [0.3, 0.4) is 0 Å². The second-order valence-electron chi connectivity index (χ2n) is 13.8. The van der Waals surface area contributed by atoms with Crippen LogP contribution in [0.1, 0.15) is 88.3 Å². The Morgan fingerprint density at radius 1 is 0.957 bits per heavy atom. The topological polar surface area (TPSA) is 112 Å². The molecule has 2 amide bonds. The lowest BCUT2D eigenvalue weighted by atomic mass is 9.78. The van der Waals surface area contributed by atoms with Gasteiger partial charge in [-0.25, -0.2) is 0 Å². The van der Waals surface area contributed by atoms with Crippen molar-refractivity contribution in [3.8, 4) is 11.1 Å². The fourth-order valence-corrected chi connectivity index (χ4v) is 6.17. The zero-order valence-electron chi connectivity index (χ0n) is 28.1. The summed E-state index contributed by atoms with van der Waals surface area (Å²) in [6.45, 7) is 13.1. The molecule has 1 aromatic heterocycles. The van der Waals surface area contributed by atoms with Gasteiger partial charge in [0.15, 0.2) is 0 Å². The lowest BCUT2D eigenvalue weighted by Crippen LogP contribution is -2.46. The van der Waals surface area contributed by atoms with Crippen LogP contribution in [0.4, 0.5) is 0 Å². The second kappa shape index (κ2) is 13.5. The van der Waals surface area contributed by atoms with Crippen molar-refractivity contribution in [3.05, 3.63) is 102 Å². The van der Waals surface area contributed by atoms with Crippen molar-refractivity contribution >= 4 is 34.4 Å². The maximum Gasteiger partial charge on any atom is 0.305 e. The van der Waals surface area contributed by atoms with E-state index in [0.29, 0.717) is 23.6 Å². The molecule has 1 aliphatic heterocycles. The predicted octanol–water partition coefficient (Wildman–Crippen LogP) is 7.68. The number of aromatic nitrogens is 1. The zero-order chi connectivity index (χ0) is 33.9. The molecule has 8 nitrogen and oxygen atoms in total. The van der Waals surface area contributed by atoms with E-state index < -0.39 is 11.6 Å². The minimum Gasteiger partial charge on any atom is -0.481 e. The van der Waals surface area contributed by atoms with Crippen LogP contribution in [-0.2, 0) is 9.59 Å². The number of para-hydroxylation sites is 1. The number of carbonyl (C=O) groups is 3. The first kappa shape index (κ1) is 33.5. The number of carbonyl (C=O) groups excluding carboxylic acids is 2.